The quantitative estimate of drug-likeness (QED) is 0.104. The molecule has 0 N–H and O–H groups in total. The molecule has 0 bridgehead atoms. The first-order valence-corrected chi connectivity index (χ1v) is 12.4. The van der Waals surface area contributed by atoms with Crippen LogP contribution in [-0.4, -0.2) is 19.5 Å². The number of rotatable bonds is 22. The van der Waals surface area contributed by atoms with Crippen LogP contribution in [0.5, 0.6) is 0 Å². The Bertz CT molecular complexity index is 307. The number of ether oxygens (including phenoxy) is 2. The fourth-order valence-corrected chi connectivity index (χ4v) is 3.10. The van der Waals surface area contributed by atoms with Crippen molar-refractivity contribution in [1.82, 2.24) is 0 Å². The van der Waals surface area contributed by atoms with Crippen molar-refractivity contribution in [2.75, 3.05) is 13.2 Å². The van der Waals surface area contributed by atoms with Crippen molar-refractivity contribution < 1.29 is 9.47 Å². The van der Waals surface area contributed by atoms with Gasteiger partial charge in [0.15, 0.2) is 6.29 Å². The first-order chi connectivity index (χ1) is 13.8. The smallest absolute Gasteiger partial charge is 0.157 e. The molecule has 0 unspecified atom stereocenters. The SMILES string of the molecule is CCCCC/C=C\CCCOC(CCCCC)OCCC/C=C\CCCCC. The minimum Gasteiger partial charge on any atom is -0.353 e. The molecule has 28 heavy (non-hydrogen) atoms. The third-order valence-corrected chi connectivity index (χ3v) is 4.96. The fourth-order valence-electron chi connectivity index (χ4n) is 3.10. The number of allylic oxidation sites excluding steroid dienone is 4. The molecule has 2 heteroatoms. The van der Waals surface area contributed by atoms with Crippen molar-refractivity contribution in [3.05, 3.63) is 24.3 Å². The average molecular weight is 395 g/mol. The van der Waals surface area contributed by atoms with Crippen LogP contribution in [0.4, 0.5) is 0 Å². The van der Waals surface area contributed by atoms with Gasteiger partial charge in [0.05, 0.1) is 13.2 Å². The summed E-state index contributed by atoms with van der Waals surface area (Å²) in [5.41, 5.74) is 0. The van der Waals surface area contributed by atoms with Gasteiger partial charge in [-0.15, -0.1) is 0 Å². The van der Waals surface area contributed by atoms with E-state index in [1.165, 1.54) is 70.6 Å². The van der Waals surface area contributed by atoms with Crippen molar-refractivity contribution in [3.63, 3.8) is 0 Å². The molecular weight excluding hydrogens is 344 g/mol. The number of hydrogen-bond donors (Lipinski definition) is 0. The third-order valence-electron chi connectivity index (χ3n) is 4.96. The molecule has 0 aliphatic heterocycles. The van der Waals surface area contributed by atoms with Gasteiger partial charge < -0.3 is 9.47 Å². The lowest BCUT2D eigenvalue weighted by atomic mass is 10.2. The van der Waals surface area contributed by atoms with E-state index in [4.69, 9.17) is 9.47 Å². The highest BCUT2D eigenvalue weighted by Crippen LogP contribution is 2.11. The summed E-state index contributed by atoms with van der Waals surface area (Å²) in [5.74, 6) is 0. The molecule has 0 atom stereocenters. The summed E-state index contributed by atoms with van der Waals surface area (Å²) in [5, 5.41) is 0. The van der Waals surface area contributed by atoms with Crippen LogP contribution in [0, 0.1) is 0 Å². The van der Waals surface area contributed by atoms with E-state index < -0.39 is 0 Å². The molecule has 0 fully saturated rings. The summed E-state index contributed by atoms with van der Waals surface area (Å²) in [6.07, 6.45) is 28.9. The van der Waals surface area contributed by atoms with Gasteiger partial charge in [-0.25, -0.2) is 0 Å². The van der Waals surface area contributed by atoms with Crippen molar-refractivity contribution in [2.24, 2.45) is 0 Å². The molecule has 0 saturated carbocycles. The highest BCUT2D eigenvalue weighted by Gasteiger charge is 2.08. The Labute approximate surface area is 177 Å². The van der Waals surface area contributed by atoms with Gasteiger partial charge in [-0.2, -0.15) is 0 Å². The molecular formula is C26H50O2. The van der Waals surface area contributed by atoms with Gasteiger partial charge >= 0.3 is 0 Å². The summed E-state index contributed by atoms with van der Waals surface area (Å²) < 4.78 is 12.1. The van der Waals surface area contributed by atoms with Gasteiger partial charge in [0.25, 0.3) is 0 Å². The molecule has 166 valence electrons. The molecule has 0 aliphatic carbocycles. The minimum absolute atomic E-state index is 0.00591. The molecule has 2 nitrogen and oxygen atoms in total. The summed E-state index contributed by atoms with van der Waals surface area (Å²) >= 11 is 0. The Kier molecular flexibility index (Phi) is 23.9. The van der Waals surface area contributed by atoms with E-state index in [9.17, 15) is 0 Å². The average Bonchev–Trinajstić information content (AvgIpc) is 2.71. The molecule has 0 aromatic rings. The molecule has 0 aliphatic rings. The zero-order valence-corrected chi connectivity index (χ0v) is 19.4. The van der Waals surface area contributed by atoms with Crippen molar-refractivity contribution in [3.8, 4) is 0 Å². The monoisotopic (exact) mass is 394 g/mol. The van der Waals surface area contributed by atoms with Gasteiger partial charge in [-0.05, 0) is 64.2 Å². The normalized spacial score (nSPS) is 12.1. The van der Waals surface area contributed by atoms with E-state index in [2.05, 4.69) is 45.1 Å². The third kappa shape index (κ3) is 21.7. The topological polar surface area (TPSA) is 18.5 Å². The molecule has 0 radical (unpaired) electrons. The number of unbranched alkanes of at least 4 members (excludes halogenated alkanes) is 10. The van der Waals surface area contributed by atoms with Gasteiger partial charge in [-0.3, -0.25) is 0 Å². The van der Waals surface area contributed by atoms with Crippen LogP contribution in [0.15, 0.2) is 24.3 Å². The molecule has 0 rings (SSSR count). The fraction of sp³-hybridized carbons (Fsp3) is 0.846. The largest absolute Gasteiger partial charge is 0.353 e. The first-order valence-electron chi connectivity index (χ1n) is 12.4. The van der Waals surface area contributed by atoms with Crippen LogP contribution >= 0.6 is 0 Å². The second-order valence-electron chi connectivity index (χ2n) is 7.89. The maximum absolute atomic E-state index is 6.03. The maximum Gasteiger partial charge on any atom is 0.157 e. The van der Waals surface area contributed by atoms with E-state index >= 15 is 0 Å². The lowest BCUT2D eigenvalue weighted by Gasteiger charge is -2.18. The van der Waals surface area contributed by atoms with Gasteiger partial charge in [-0.1, -0.05) is 83.6 Å². The van der Waals surface area contributed by atoms with Crippen molar-refractivity contribution >= 4 is 0 Å². The van der Waals surface area contributed by atoms with Crippen molar-refractivity contribution in [2.45, 2.75) is 130 Å². The predicted molar refractivity (Wildman–Crippen MR) is 125 cm³/mol. The minimum atomic E-state index is -0.00591. The Morgan fingerprint density at radius 3 is 1.32 bits per heavy atom. The molecule has 0 aromatic heterocycles. The summed E-state index contributed by atoms with van der Waals surface area (Å²) in [6, 6.07) is 0. The lowest BCUT2D eigenvalue weighted by molar-refractivity contribution is -0.147. The van der Waals surface area contributed by atoms with E-state index in [0.29, 0.717) is 0 Å². The Morgan fingerprint density at radius 1 is 0.500 bits per heavy atom. The summed E-state index contributed by atoms with van der Waals surface area (Å²) in [4.78, 5) is 0. The zero-order chi connectivity index (χ0) is 20.5. The predicted octanol–water partition coefficient (Wildman–Crippen LogP) is 8.76. The van der Waals surface area contributed by atoms with Crippen LogP contribution in [0.1, 0.15) is 124 Å². The molecule has 0 heterocycles. The van der Waals surface area contributed by atoms with E-state index in [1.807, 2.05) is 0 Å². The summed E-state index contributed by atoms with van der Waals surface area (Å²) in [6.45, 7) is 8.38. The number of hydrogen-bond acceptors (Lipinski definition) is 2. The van der Waals surface area contributed by atoms with Gasteiger partial charge in [0.1, 0.15) is 0 Å². The molecule has 0 amide bonds. The molecule has 0 saturated heterocycles. The second-order valence-corrected chi connectivity index (χ2v) is 7.89. The summed E-state index contributed by atoms with van der Waals surface area (Å²) in [7, 11) is 0. The van der Waals surface area contributed by atoms with Crippen LogP contribution in [-0.2, 0) is 9.47 Å². The van der Waals surface area contributed by atoms with E-state index in [-0.39, 0.29) is 6.29 Å². The van der Waals surface area contributed by atoms with Crippen LogP contribution in [0.3, 0.4) is 0 Å². The van der Waals surface area contributed by atoms with Crippen LogP contribution in [0.2, 0.25) is 0 Å². The molecule has 0 aromatic carbocycles. The highest BCUT2D eigenvalue weighted by atomic mass is 16.7. The molecule has 0 spiro atoms. The lowest BCUT2D eigenvalue weighted by Crippen LogP contribution is -2.18. The second kappa shape index (κ2) is 24.4. The Morgan fingerprint density at radius 2 is 0.893 bits per heavy atom. The Hall–Kier alpha value is -0.600. The van der Waals surface area contributed by atoms with Crippen molar-refractivity contribution in [1.29, 1.82) is 0 Å². The van der Waals surface area contributed by atoms with Gasteiger partial charge in [0.2, 0.25) is 0 Å². The van der Waals surface area contributed by atoms with E-state index in [0.717, 1.165) is 45.3 Å². The maximum atomic E-state index is 6.03. The Balaban J connectivity index is 3.78. The zero-order valence-electron chi connectivity index (χ0n) is 19.4. The van der Waals surface area contributed by atoms with Gasteiger partial charge in [0, 0.05) is 0 Å². The standard InChI is InChI=1S/C26H50O2/c1-4-7-10-12-14-16-18-21-24-27-26(23-20-9-6-3)28-25-22-19-17-15-13-11-8-5-2/h14-17,26H,4-13,18-25H2,1-3H3/b16-14-,17-15-. The van der Waals surface area contributed by atoms with Crippen LogP contribution < -0.4 is 0 Å². The highest BCUT2D eigenvalue weighted by molar-refractivity contribution is 4.81. The van der Waals surface area contributed by atoms with Crippen LogP contribution in [0.25, 0.3) is 0 Å². The van der Waals surface area contributed by atoms with E-state index in [1.54, 1.807) is 0 Å². The first kappa shape index (κ1) is 27.4.